The molecule has 0 saturated heterocycles. The molecule has 3 nitrogen and oxygen atoms in total. The van der Waals surface area contributed by atoms with E-state index in [4.69, 9.17) is 11.6 Å². The summed E-state index contributed by atoms with van der Waals surface area (Å²) in [5, 5.41) is 5.13. The number of nitrogens with zero attached hydrogens (tertiary/aromatic N) is 2. The van der Waals surface area contributed by atoms with Crippen molar-refractivity contribution in [2.75, 3.05) is 31.5 Å². The molecule has 0 atom stereocenters. The van der Waals surface area contributed by atoms with Crippen molar-refractivity contribution in [2.24, 2.45) is 0 Å². The molecule has 2 aromatic rings. The minimum Gasteiger partial charge on any atom is -0.360 e. The summed E-state index contributed by atoms with van der Waals surface area (Å²) >= 11 is 7.78. The molecule has 1 heterocycles. The van der Waals surface area contributed by atoms with Crippen LogP contribution in [0.25, 0.3) is 10.2 Å². The highest BCUT2D eigenvalue weighted by molar-refractivity contribution is 7.22. The van der Waals surface area contributed by atoms with Gasteiger partial charge in [0, 0.05) is 13.1 Å². The molecule has 104 valence electrons. The highest BCUT2D eigenvalue weighted by Gasteiger charge is 2.06. The Morgan fingerprint density at radius 1 is 1.32 bits per heavy atom. The maximum atomic E-state index is 6.15. The van der Waals surface area contributed by atoms with Crippen LogP contribution in [0.3, 0.4) is 0 Å². The number of benzene rings is 1. The van der Waals surface area contributed by atoms with Crippen LogP contribution in [0.1, 0.15) is 20.3 Å². The topological polar surface area (TPSA) is 28.2 Å². The standard InChI is InChI=1S/C14H20ClN3S/c1-3-9-18(4-2)10-8-16-14-17-12-7-5-6-11(15)13(12)19-14/h5-7H,3-4,8-10H2,1-2H3,(H,16,17). The predicted octanol–water partition coefficient (Wildman–Crippen LogP) is 4.09. The molecular formula is C14H20ClN3S. The maximum Gasteiger partial charge on any atom is 0.183 e. The summed E-state index contributed by atoms with van der Waals surface area (Å²) < 4.78 is 1.06. The third-order valence-electron chi connectivity index (χ3n) is 3.06. The zero-order valence-electron chi connectivity index (χ0n) is 11.4. The van der Waals surface area contributed by atoms with Crippen molar-refractivity contribution in [2.45, 2.75) is 20.3 Å². The number of rotatable bonds is 7. The summed E-state index contributed by atoms with van der Waals surface area (Å²) in [7, 11) is 0. The number of nitrogens with one attached hydrogen (secondary N) is 1. The molecule has 0 radical (unpaired) electrons. The van der Waals surface area contributed by atoms with Gasteiger partial charge in [0.2, 0.25) is 0 Å². The third kappa shape index (κ3) is 3.81. The molecule has 2 rings (SSSR count). The maximum absolute atomic E-state index is 6.15. The van der Waals surface area contributed by atoms with E-state index in [1.165, 1.54) is 6.42 Å². The highest BCUT2D eigenvalue weighted by atomic mass is 35.5. The number of thiazole rings is 1. The Labute approximate surface area is 123 Å². The van der Waals surface area contributed by atoms with Crippen LogP contribution >= 0.6 is 22.9 Å². The fraction of sp³-hybridized carbons (Fsp3) is 0.500. The van der Waals surface area contributed by atoms with Crippen molar-refractivity contribution < 1.29 is 0 Å². The van der Waals surface area contributed by atoms with E-state index < -0.39 is 0 Å². The molecule has 0 aliphatic heterocycles. The lowest BCUT2D eigenvalue weighted by Crippen LogP contribution is -2.29. The molecule has 1 aromatic carbocycles. The Kier molecular flexibility index (Phi) is 5.43. The van der Waals surface area contributed by atoms with E-state index in [1.54, 1.807) is 11.3 Å². The number of hydrogen-bond acceptors (Lipinski definition) is 4. The molecular weight excluding hydrogens is 278 g/mol. The summed E-state index contributed by atoms with van der Waals surface area (Å²) in [6.45, 7) is 8.64. The van der Waals surface area contributed by atoms with Crippen LogP contribution in [-0.2, 0) is 0 Å². The summed E-state index contributed by atoms with van der Waals surface area (Å²) in [6, 6.07) is 5.85. The van der Waals surface area contributed by atoms with E-state index in [0.29, 0.717) is 0 Å². The van der Waals surface area contributed by atoms with Crippen LogP contribution in [-0.4, -0.2) is 36.1 Å². The largest absolute Gasteiger partial charge is 0.360 e. The van der Waals surface area contributed by atoms with E-state index in [1.807, 2.05) is 18.2 Å². The van der Waals surface area contributed by atoms with Crippen LogP contribution in [0.15, 0.2) is 18.2 Å². The van der Waals surface area contributed by atoms with Crippen LogP contribution in [0.5, 0.6) is 0 Å². The van der Waals surface area contributed by atoms with Gasteiger partial charge in [0.25, 0.3) is 0 Å². The average molecular weight is 298 g/mol. The number of aromatic nitrogens is 1. The molecule has 0 saturated carbocycles. The summed E-state index contributed by atoms with van der Waals surface area (Å²) in [4.78, 5) is 6.98. The van der Waals surface area contributed by atoms with Crippen molar-refractivity contribution in [1.82, 2.24) is 9.88 Å². The van der Waals surface area contributed by atoms with Gasteiger partial charge >= 0.3 is 0 Å². The molecule has 1 N–H and O–H groups in total. The first-order valence-corrected chi connectivity index (χ1v) is 7.95. The van der Waals surface area contributed by atoms with E-state index >= 15 is 0 Å². The number of fused-ring (bicyclic) bond motifs is 1. The van der Waals surface area contributed by atoms with E-state index in [0.717, 1.165) is 46.5 Å². The molecule has 19 heavy (non-hydrogen) atoms. The highest BCUT2D eigenvalue weighted by Crippen LogP contribution is 2.31. The monoisotopic (exact) mass is 297 g/mol. The Morgan fingerprint density at radius 3 is 2.84 bits per heavy atom. The van der Waals surface area contributed by atoms with Crippen molar-refractivity contribution in [1.29, 1.82) is 0 Å². The number of anilines is 1. The number of hydrogen-bond donors (Lipinski definition) is 1. The molecule has 0 fully saturated rings. The number of likely N-dealkylation sites (N-methyl/N-ethyl adjacent to an activating group) is 1. The Morgan fingerprint density at radius 2 is 2.16 bits per heavy atom. The zero-order chi connectivity index (χ0) is 13.7. The number of halogens is 1. The van der Waals surface area contributed by atoms with Gasteiger partial charge < -0.3 is 10.2 Å². The normalized spacial score (nSPS) is 11.4. The third-order valence-corrected chi connectivity index (χ3v) is 4.55. The quantitative estimate of drug-likeness (QED) is 0.834. The minimum atomic E-state index is 0.782. The second kappa shape index (κ2) is 7.08. The van der Waals surface area contributed by atoms with Gasteiger partial charge in [-0.3, -0.25) is 0 Å². The van der Waals surface area contributed by atoms with Gasteiger partial charge in [-0.1, -0.05) is 42.9 Å². The first kappa shape index (κ1) is 14.6. The second-order valence-corrected chi connectivity index (χ2v) is 5.87. The van der Waals surface area contributed by atoms with Crippen molar-refractivity contribution in [3.8, 4) is 0 Å². The molecule has 5 heteroatoms. The fourth-order valence-electron chi connectivity index (χ4n) is 2.06. The fourth-order valence-corrected chi connectivity index (χ4v) is 3.24. The Bertz CT molecular complexity index is 526. The molecule has 1 aromatic heterocycles. The lowest BCUT2D eigenvalue weighted by molar-refractivity contribution is 0.300. The molecule has 0 aliphatic rings. The summed E-state index contributed by atoms with van der Waals surface area (Å²) in [5.41, 5.74) is 0.973. The van der Waals surface area contributed by atoms with Crippen LogP contribution in [0, 0.1) is 0 Å². The van der Waals surface area contributed by atoms with Gasteiger partial charge in [-0.2, -0.15) is 0 Å². The van der Waals surface area contributed by atoms with E-state index in [-0.39, 0.29) is 0 Å². The minimum absolute atomic E-state index is 0.782. The smallest absolute Gasteiger partial charge is 0.183 e. The summed E-state index contributed by atoms with van der Waals surface area (Å²) in [6.07, 6.45) is 1.20. The van der Waals surface area contributed by atoms with Crippen LogP contribution in [0.2, 0.25) is 5.02 Å². The van der Waals surface area contributed by atoms with Gasteiger partial charge in [0.15, 0.2) is 5.13 Å². The van der Waals surface area contributed by atoms with Crippen molar-refractivity contribution in [3.63, 3.8) is 0 Å². The average Bonchev–Trinajstić information content (AvgIpc) is 2.82. The predicted molar refractivity (Wildman–Crippen MR) is 85.5 cm³/mol. The zero-order valence-corrected chi connectivity index (χ0v) is 13.0. The molecule has 0 bridgehead atoms. The Balaban J connectivity index is 1.93. The van der Waals surface area contributed by atoms with Gasteiger partial charge in [-0.25, -0.2) is 4.98 Å². The van der Waals surface area contributed by atoms with Gasteiger partial charge in [-0.05, 0) is 31.6 Å². The van der Waals surface area contributed by atoms with Crippen LogP contribution < -0.4 is 5.32 Å². The SMILES string of the molecule is CCCN(CC)CCNc1nc2cccc(Cl)c2s1. The first-order chi connectivity index (χ1) is 9.24. The molecule has 0 unspecified atom stereocenters. The van der Waals surface area contributed by atoms with E-state index in [9.17, 15) is 0 Å². The second-order valence-electron chi connectivity index (χ2n) is 4.47. The lowest BCUT2D eigenvalue weighted by atomic mass is 10.3. The van der Waals surface area contributed by atoms with Crippen molar-refractivity contribution >= 4 is 38.3 Å². The molecule has 0 aliphatic carbocycles. The first-order valence-electron chi connectivity index (χ1n) is 6.75. The molecule has 0 spiro atoms. The van der Waals surface area contributed by atoms with Gasteiger partial charge in [-0.15, -0.1) is 0 Å². The van der Waals surface area contributed by atoms with Crippen molar-refractivity contribution in [3.05, 3.63) is 23.2 Å². The Hall–Kier alpha value is -0.840. The van der Waals surface area contributed by atoms with Gasteiger partial charge in [0.05, 0.1) is 15.2 Å². The van der Waals surface area contributed by atoms with Crippen LogP contribution in [0.4, 0.5) is 5.13 Å². The molecule has 0 amide bonds. The summed E-state index contributed by atoms with van der Waals surface area (Å²) in [5.74, 6) is 0. The van der Waals surface area contributed by atoms with Gasteiger partial charge in [0.1, 0.15) is 0 Å². The lowest BCUT2D eigenvalue weighted by Gasteiger charge is -2.19. The van der Waals surface area contributed by atoms with E-state index in [2.05, 4.69) is 29.0 Å².